The van der Waals surface area contributed by atoms with E-state index in [9.17, 15) is 26.4 Å². The smallest absolute Gasteiger partial charge is 0.207 e. The molecule has 0 heterocycles. The summed E-state index contributed by atoms with van der Waals surface area (Å²) >= 11 is 0. The number of benzene rings is 4. The summed E-state index contributed by atoms with van der Waals surface area (Å²) in [6, 6.07) is 28.2. The van der Waals surface area contributed by atoms with Crippen molar-refractivity contribution in [3.63, 3.8) is 0 Å². The lowest BCUT2D eigenvalue weighted by molar-refractivity contribution is 0.594. The molecule has 0 spiro atoms. The van der Waals surface area contributed by atoms with Gasteiger partial charge < -0.3 is 0 Å². The Morgan fingerprint density at radius 3 is 1.85 bits per heavy atom. The number of hydrogen-bond acceptors (Lipinski definition) is 6. The van der Waals surface area contributed by atoms with Gasteiger partial charge in [-0.05, 0) is 87.8 Å². The molecular formula is C32H18O6S2. The Morgan fingerprint density at radius 1 is 0.525 bits per heavy atom. The fourth-order valence-electron chi connectivity index (χ4n) is 5.49. The summed E-state index contributed by atoms with van der Waals surface area (Å²) in [5.41, 5.74) is 0.556. The van der Waals surface area contributed by atoms with E-state index in [-0.39, 0.29) is 35.8 Å². The van der Waals surface area contributed by atoms with Crippen molar-refractivity contribution in [1.29, 1.82) is 0 Å². The van der Waals surface area contributed by atoms with E-state index in [4.69, 9.17) is 0 Å². The minimum atomic E-state index is -4.03. The van der Waals surface area contributed by atoms with Crippen molar-refractivity contribution in [3.8, 4) is 22.3 Å². The Bertz CT molecular complexity index is 2420. The number of fused-ring (bicyclic) bond motifs is 5. The van der Waals surface area contributed by atoms with Crippen molar-refractivity contribution in [3.05, 3.63) is 140 Å². The van der Waals surface area contributed by atoms with Crippen LogP contribution < -0.4 is 10.9 Å². The van der Waals surface area contributed by atoms with Gasteiger partial charge >= 0.3 is 0 Å². The molecule has 3 aromatic rings. The summed E-state index contributed by atoms with van der Waals surface area (Å²) in [4.78, 5) is 26.8. The molecule has 0 aromatic heterocycles. The Kier molecular flexibility index (Phi) is 5.13. The molecule has 0 aliphatic heterocycles. The van der Waals surface area contributed by atoms with E-state index in [1.165, 1.54) is 42.5 Å². The van der Waals surface area contributed by atoms with Gasteiger partial charge in [-0.3, -0.25) is 9.59 Å². The van der Waals surface area contributed by atoms with E-state index in [0.29, 0.717) is 32.7 Å². The Morgan fingerprint density at radius 2 is 1.18 bits per heavy atom. The summed E-state index contributed by atoms with van der Waals surface area (Å²) in [7, 11) is -7.85. The molecule has 0 saturated carbocycles. The molecular weight excluding hydrogens is 544 g/mol. The molecule has 0 N–H and O–H groups in total. The molecule has 4 aliphatic carbocycles. The van der Waals surface area contributed by atoms with E-state index in [0.717, 1.165) is 6.07 Å². The van der Waals surface area contributed by atoms with Crippen LogP contribution in [0.3, 0.4) is 0 Å². The van der Waals surface area contributed by atoms with Gasteiger partial charge in [0.15, 0.2) is 10.9 Å². The summed E-state index contributed by atoms with van der Waals surface area (Å²) in [6.45, 7) is 0. The fraction of sp³-hybridized carbons (Fsp3) is 0. The second-order valence-corrected chi connectivity index (χ2v) is 13.6. The zero-order valence-electron chi connectivity index (χ0n) is 20.7. The molecule has 8 heteroatoms. The zero-order valence-corrected chi connectivity index (χ0v) is 22.3. The molecule has 0 bridgehead atoms. The van der Waals surface area contributed by atoms with Gasteiger partial charge in [-0.2, -0.15) is 0 Å². The third kappa shape index (κ3) is 3.46. The Labute approximate surface area is 228 Å². The van der Waals surface area contributed by atoms with E-state index < -0.39 is 25.1 Å². The lowest BCUT2D eigenvalue weighted by Crippen LogP contribution is -2.11. The average molecular weight is 563 g/mol. The zero-order chi connectivity index (χ0) is 27.8. The molecule has 0 fully saturated rings. The van der Waals surface area contributed by atoms with Crippen molar-refractivity contribution >= 4 is 30.4 Å². The predicted octanol–water partition coefficient (Wildman–Crippen LogP) is 5.04. The summed E-state index contributed by atoms with van der Waals surface area (Å²) in [5.74, 6) is 0. The molecule has 0 atom stereocenters. The monoisotopic (exact) mass is 562 g/mol. The van der Waals surface area contributed by atoms with Gasteiger partial charge in [0.05, 0.1) is 19.6 Å². The van der Waals surface area contributed by atoms with Crippen LogP contribution >= 0.6 is 0 Å². The molecule has 0 radical (unpaired) electrons. The minimum Gasteiger partial charge on any atom is -0.290 e. The maximum absolute atomic E-state index is 14.0. The van der Waals surface area contributed by atoms with Gasteiger partial charge in [0.1, 0.15) is 0 Å². The molecule has 4 aliphatic rings. The highest BCUT2D eigenvalue weighted by Gasteiger charge is 2.28. The molecule has 0 unspecified atom stereocenters. The van der Waals surface area contributed by atoms with Crippen LogP contribution in [0, 0.1) is 10.4 Å². The van der Waals surface area contributed by atoms with Crippen LogP contribution in [0.25, 0.3) is 33.0 Å². The number of hydrogen-bond donors (Lipinski definition) is 0. The van der Waals surface area contributed by atoms with Crippen molar-refractivity contribution in [1.82, 2.24) is 0 Å². The van der Waals surface area contributed by atoms with Gasteiger partial charge in [0.25, 0.3) is 0 Å². The van der Waals surface area contributed by atoms with Crippen LogP contribution in [0.4, 0.5) is 0 Å². The van der Waals surface area contributed by atoms with Crippen molar-refractivity contribution in [2.45, 2.75) is 19.6 Å². The molecule has 194 valence electrons. The minimum absolute atomic E-state index is 0.0476. The molecule has 7 rings (SSSR count). The SMILES string of the molecule is O=c1cc(S(=O)(=O)c2ccccc2)c2cc3cc4cc5ccc(S(=O)(=O)c6ccccc6)cc5c-4c(=O)c=3c-2c1. The maximum atomic E-state index is 14.0. The highest BCUT2D eigenvalue weighted by atomic mass is 32.2. The van der Waals surface area contributed by atoms with Crippen molar-refractivity contribution < 1.29 is 16.8 Å². The van der Waals surface area contributed by atoms with E-state index in [2.05, 4.69) is 0 Å². The summed E-state index contributed by atoms with van der Waals surface area (Å²) < 4.78 is 53.6. The third-order valence-electron chi connectivity index (χ3n) is 7.34. The average Bonchev–Trinajstić information content (AvgIpc) is 3.51. The topological polar surface area (TPSA) is 102 Å². The normalized spacial score (nSPS) is 12.6. The summed E-state index contributed by atoms with van der Waals surface area (Å²) in [6.07, 6.45) is 0. The van der Waals surface area contributed by atoms with Crippen LogP contribution in [0.15, 0.2) is 138 Å². The lowest BCUT2D eigenvalue weighted by atomic mass is 10.0. The molecule has 40 heavy (non-hydrogen) atoms. The lowest BCUT2D eigenvalue weighted by Gasteiger charge is -2.09. The van der Waals surface area contributed by atoms with Crippen LogP contribution in [-0.4, -0.2) is 16.8 Å². The van der Waals surface area contributed by atoms with Crippen molar-refractivity contribution in [2.75, 3.05) is 0 Å². The van der Waals surface area contributed by atoms with E-state index >= 15 is 0 Å². The van der Waals surface area contributed by atoms with Crippen LogP contribution in [-0.2, 0) is 19.7 Å². The molecule has 0 amide bonds. The first-order chi connectivity index (χ1) is 19.2. The molecule has 3 aromatic carbocycles. The Hall–Kier alpha value is -4.66. The largest absolute Gasteiger partial charge is 0.290 e. The quantitative estimate of drug-likeness (QED) is 0.298. The fourth-order valence-corrected chi connectivity index (χ4v) is 8.30. The van der Waals surface area contributed by atoms with Gasteiger partial charge in [-0.1, -0.05) is 42.5 Å². The summed E-state index contributed by atoms with van der Waals surface area (Å²) in [5, 5.41) is 1.92. The first kappa shape index (κ1) is 24.4. The van der Waals surface area contributed by atoms with Crippen LogP contribution in [0.2, 0.25) is 0 Å². The second-order valence-electron chi connectivity index (χ2n) is 9.69. The highest BCUT2D eigenvalue weighted by molar-refractivity contribution is 7.92. The van der Waals surface area contributed by atoms with Gasteiger partial charge in [-0.25, -0.2) is 16.8 Å². The van der Waals surface area contributed by atoms with Gasteiger partial charge in [0.2, 0.25) is 19.7 Å². The first-order valence-electron chi connectivity index (χ1n) is 12.3. The third-order valence-corrected chi connectivity index (χ3v) is 10.9. The van der Waals surface area contributed by atoms with E-state index in [1.807, 2.05) is 6.07 Å². The highest BCUT2D eigenvalue weighted by Crippen LogP contribution is 2.38. The van der Waals surface area contributed by atoms with Gasteiger partial charge in [-0.15, -0.1) is 0 Å². The molecule has 6 nitrogen and oxygen atoms in total. The van der Waals surface area contributed by atoms with E-state index in [1.54, 1.807) is 54.6 Å². The first-order valence-corrected chi connectivity index (χ1v) is 15.3. The molecule has 0 saturated heterocycles. The number of rotatable bonds is 4. The van der Waals surface area contributed by atoms with Crippen molar-refractivity contribution in [2.24, 2.45) is 0 Å². The van der Waals surface area contributed by atoms with Crippen LogP contribution in [0.1, 0.15) is 0 Å². The maximum Gasteiger partial charge on any atom is 0.207 e. The van der Waals surface area contributed by atoms with Crippen LogP contribution in [0.5, 0.6) is 0 Å². The predicted molar refractivity (Wildman–Crippen MR) is 151 cm³/mol. The second kappa shape index (κ2) is 8.42. The standard InChI is InChI=1S/C32H18O6S2/c33-22-16-28-27(29(17-22)40(37,38)24-9-5-2-6-10-24)15-21-14-20-13-19-11-12-25(18-26(19)30(20)32(34)31(21)28)39(35,36)23-7-3-1-4-8-23/h1-18H. The van der Waals surface area contributed by atoms with Gasteiger partial charge in [0, 0.05) is 22.4 Å². The Balaban J connectivity index is 1.50. The number of sulfone groups is 2.